The molecule has 3 aromatic rings. The minimum Gasteiger partial charge on any atom is -0.345 e. The van der Waals surface area contributed by atoms with Crippen molar-refractivity contribution >= 4 is 5.91 Å². The molecule has 0 aliphatic carbocycles. The Morgan fingerprint density at radius 1 is 1.31 bits per heavy atom. The van der Waals surface area contributed by atoms with E-state index in [9.17, 15) is 14.4 Å². The Morgan fingerprint density at radius 2 is 2.12 bits per heavy atom. The normalized spacial score (nSPS) is 10.7. The van der Waals surface area contributed by atoms with Crippen molar-refractivity contribution in [1.82, 2.24) is 25.0 Å². The minimum absolute atomic E-state index is 0.0364. The molecule has 0 fully saturated rings. The van der Waals surface area contributed by atoms with Crippen molar-refractivity contribution in [2.24, 2.45) is 0 Å². The fourth-order valence-electron chi connectivity index (χ4n) is 2.35. The van der Waals surface area contributed by atoms with Crippen LogP contribution in [0.4, 0.5) is 0 Å². The largest absolute Gasteiger partial charge is 0.345 e. The van der Waals surface area contributed by atoms with Crippen molar-refractivity contribution in [3.05, 3.63) is 68.3 Å². The molecule has 0 spiro atoms. The summed E-state index contributed by atoms with van der Waals surface area (Å²) in [6, 6.07) is 7.65. The van der Waals surface area contributed by atoms with E-state index in [4.69, 9.17) is 4.52 Å². The second kappa shape index (κ2) is 7.18. The van der Waals surface area contributed by atoms with E-state index in [1.807, 2.05) is 31.2 Å². The standard InChI is InChI=1S/C17H17N5O4/c1-10-4-3-5-12(6-10)15-19-14(26-21-15)7-18-13(23)9-22-8-11(2)16(24)20-17(22)25/h3-6,8H,7,9H2,1-2H3,(H,18,23)(H,20,24,25). The van der Waals surface area contributed by atoms with E-state index in [0.29, 0.717) is 11.4 Å². The Hall–Kier alpha value is -3.49. The van der Waals surface area contributed by atoms with Gasteiger partial charge in [0.2, 0.25) is 17.6 Å². The Labute approximate surface area is 147 Å². The molecule has 1 amide bonds. The van der Waals surface area contributed by atoms with Gasteiger partial charge in [-0.25, -0.2) is 4.79 Å². The Balaban J connectivity index is 1.63. The molecule has 0 saturated heterocycles. The number of carbonyl (C=O) groups excluding carboxylic acids is 1. The van der Waals surface area contributed by atoms with Gasteiger partial charge in [0.05, 0.1) is 6.54 Å². The fourth-order valence-corrected chi connectivity index (χ4v) is 2.35. The van der Waals surface area contributed by atoms with Gasteiger partial charge in [0, 0.05) is 17.3 Å². The van der Waals surface area contributed by atoms with Gasteiger partial charge in [-0.1, -0.05) is 28.9 Å². The van der Waals surface area contributed by atoms with Crippen LogP contribution in [0.3, 0.4) is 0 Å². The number of aromatic nitrogens is 4. The highest BCUT2D eigenvalue weighted by molar-refractivity contribution is 5.75. The number of rotatable bonds is 5. The Morgan fingerprint density at radius 3 is 2.88 bits per heavy atom. The molecule has 0 atom stereocenters. The quantitative estimate of drug-likeness (QED) is 0.688. The first-order chi connectivity index (χ1) is 12.4. The Bertz CT molecular complexity index is 1060. The average molecular weight is 355 g/mol. The van der Waals surface area contributed by atoms with Gasteiger partial charge in [-0.3, -0.25) is 19.1 Å². The van der Waals surface area contributed by atoms with Crippen LogP contribution in [-0.2, 0) is 17.9 Å². The zero-order chi connectivity index (χ0) is 18.7. The summed E-state index contributed by atoms with van der Waals surface area (Å²) in [7, 11) is 0. The van der Waals surface area contributed by atoms with Crippen LogP contribution in [0, 0.1) is 13.8 Å². The lowest BCUT2D eigenvalue weighted by Gasteiger charge is -2.05. The average Bonchev–Trinajstić information content (AvgIpc) is 3.07. The number of H-pyrrole nitrogens is 1. The van der Waals surface area contributed by atoms with E-state index in [1.165, 1.54) is 6.20 Å². The zero-order valence-electron chi connectivity index (χ0n) is 14.3. The maximum absolute atomic E-state index is 12.0. The van der Waals surface area contributed by atoms with E-state index in [1.54, 1.807) is 6.92 Å². The molecule has 2 aromatic heterocycles. The maximum Gasteiger partial charge on any atom is 0.328 e. The number of benzene rings is 1. The highest BCUT2D eigenvalue weighted by Gasteiger charge is 2.11. The number of hydrogen-bond acceptors (Lipinski definition) is 6. The van der Waals surface area contributed by atoms with Gasteiger partial charge < -0.3 is 9.84 Å². The van der Waals surface area contributed by atoms with Crippen LogP contribution in [0.15, 0.2) is 44.6 Å². The lowest BCUT2D eigenvalue weighted by atomic mass is 10.1. The van der Waals surface area contributed by atoms with E-state index in [2.05, 4.69) is 20.4 Å². The molecule has 2 N–H and O–H groups in total. The van der Waals surface area contributed by atoms with Crippen molar-refractivity contribution < 1.29 is 9.32 Å². The summed E-state index contributed by atoms with van der Waals surface area (Å²) in [4.78, 5) is 41.4. The SMILES string of the molecule is Cc1cccc(-c2noc(CNC(=O)Cn3cc(C)c(=O)[nH]c3=O)n2)c1. The highest BCUT2D eigenvalue weighted by atomic mass is 16.5. The van der Waals surface area contributed by atoms with Crippen LogP contribution in [0.1, 0.15) is 17.0 Å². The van der Waals surface area contributed by atoms with E-state index in [-0.39, 0.29) is 19.0 Å². The van der Waals surface area contributed by atoms with Crippen molar-refractivity contribution in [2.75, 3.05) is 0 Å². The second-order valence-electron chi connectivity index (χ2n) is 5.86. The molecule has 1 aromatic carbocycles. The van der Waals surface area contributed by atoms with Crippen molar-refractivity contribution in [3.63, 3.8) is 0 Å². The summed E-state index contributed by atoms with van der Waals surface area (Å²) >= 11 is 0. The van der Waals surface area contributed by atoms with Crippen LogP contribution in [0.25, 0.3) is 11.4 Å². The molecule has 26 heavy (non-hydrogen) atoms. The van der Waals surface area contributed by atoms with Crippen LogP contribution in [0.5, 0.6) is 0 Å². The number of aromatic amines is 1. The van der Waals surface area contributed by atoms with Gasteiger partial charge in [-0.15, -0.1) is 0 Å². The monoisotopic (exact) mass is 355 g/mol. The molecule has 0 unspecified atom stereocenters. The molecule has 0 saturated carbocycles. The van der Waals surface area contributed by atoms with Gasteiger partial charge in [0.1, 0.15) is 6.54 Å². The lowest BCUT2D eigenvalue weighted by molar-refractivity contribution is -0.122. The van der Waals surface area contributed by atoms with Crippen LogP contribution in [-0.4, -0.2) is 25.6 Å². The van der Waals surface area contributed by atoms with Gasteiger partial charge in [0.25, 0.3) is 5.56 Å². The summed E-state index contributed by atoms with van der Waals surface area (Å²) in [5, 5.41) is 6.49. The second-order valence-corrected chi connectivity index (χ2v) is 5.86. The molecule has 0 radical (unpaired) electrons. The maximum atomic E-state index is 12.0. The van der Waals surface area contributed by atoms with E-state index >= 15 is 0 Å². The van der Waals surface area contributed by atoms with Gasteiger partial charge in [-0.05, 0) is 19.9 Å². The third kappa shape index (κ3) is 3.94. The number of hydrogen-bond donors (Lipinski definition) is 2. The molecule has 3 rings (SSSR count). The summed E-state index contributed by atoms with van der Waals surface area (Å²) < 4.78 is 6.25. The zero-order valence-corrected chi connectivity index (χ0v) is 14.3. The van der Waals surface area contributed by atoms with Crippen LogP contribution < -0.4 is 16.6 Å². The van der Waals surface area contributed by atoms with Crippen molar-refractivity contribution in [1.29, 1.82) is 0 Å². The Kier molecular flexibility index (Phi) is 4.78. The van der Waals surface area contributed by atoms with Gasteiger partial charge in [-0.2, -0.15) is 4.98 Å². The van der Waals surface area contributed by atoms with E-state index in [0.717, 1.165) is 15.7 Å². The first kappa shape index (κ1) is 17.3. The van der Waals surface area contributed by atoms with Gasteiger partial charge in [0.15, 0.2) is 0 Å². The predicted octanol–water partition coefficient (Wildman–Crippen LogP) is 0.520. The predicted molar refractivity (Wildman–Crippen MR) is 92.4 cm³/mol. The highest BCUT2D eigenvalue weighted by Crippen LogP contribution is 2.16. The molecular weight excluding hydrogens is 338 g/mol. The first-order valence-electron chi connectivity index (χ1n) is 7.89. The number of carbonyl (C=O) groups is 1. The number of nitrogens with zero attached hydrogens (tertiary/aromatic N) is 3. The smallest absolute Gasteiger partial charge is 0.328 e. The first-order valence-corrected chi connectivity index (χ1v) is 7.89. The summed E-state index contributed by atoms with van der Waals surface area (Å²) in [6.45, 7) is 3.33. The number of amides is 1. The van der Waals surface area contributed by atoms with Crippen molar-refractivity contribution in [3.8, 4) is 11.4 Å². The molecule has 0 aliphatic rings. The van der Waals surface area contributed by atoms with Crippen LogP contribution in [0.2, 0.25) is 0 Å². The summed E-state index contributed by atoms with van der Waals surface area (Å²) in [5.74, 6) is 0.263. The molecule has 0 bridgehead atoms. The third-order valence-corrected chi connectivity index (χ3v) is 3.68. The molecule has 9 nitrogen and oxygen atoms in total. The van der Waals surface area contributed by atoms with E-state index < -0.39 is 17.2 Å². The molecular formula is C17H17N5O4. The topological polar surface area (TPSA) is 123 Å². The molecule has 0 aliphatic heterocycles. The number of nitrogens with one attached hydrogen (secondary N) is 2. The summed E-state index contributed by atoms with van der Waals surface area (Å²) in [5.41, 5.74) is 1.12. The molecule has 2 heterocycles. The van der Waals surface area contributed by atoms with Gasteiger partial charge >= 0.3 is 5.69 Å². The lowest BCUT2D eigenvalue weighted by Crippen LogP contribution is -2.36. The third-order valence-electron chi connectivity index (χ3n) is 3.68. The minimum atomic E-state index is -0.643. The molecule has 134 valence electrons. The molecule has 9 heteroatoms. The fraction of sp³-hybridized carbons (Fsp3) is 0.235. The van der Waals surface area contributed by atoms with Crippen LogP contribution >= 0.6 is 0 Å². The summed E-state index contributed by atoms with van der Waals surface area (Å²) in [6.07, 6.45) is 1.34. The van der Waals surface area contributed by atoms with Crippen molar-refractivity contribution in [2.45, 2.75) is 26.9 Å². The number of aryl methyl sites for hydroxylation is 2.